The summed E-state index contributed by atoms with van der Waals surface area (Å²) in [5, 5.41) is 0. The molecule has 0 saturated heterocycles. The second kappa shape index (κ2) is 37.7. The Hall–Kier alpha value is 0.700. The fourth-order valence-corrected chi connectivity index (χ4v) is 0. The Morgan fingerprint density at radius 3 is 0.889 bits per heavy atom. The van der Waals surface area contributed by atoms with Crippen molar-refractivity contribution in [1.29, 1.82) is 0 Å². The van der Waals surface area contributed by atoms with Crippen LogP contribution < -0.4 is 34.5 Å². The van der Waals surface area contributed by atoms with E-state index in [9.17, 15) is 0 Å². The molecule has 0 aromatic rings. The van der Waals surface area contributed by atoms with Gasteiger partial charge in [-0.05, 0) is 0 Å². The van der Waals surface area contributed by atoms with Crippen molar-refractivity contribution in [3.05, 3.63) is 0 Å². The quantitative estimate of drug-likeness (QED) is 0.261. The minimum atomic E-state index is -3.37. The van der Waals surface area contributed by atoms with E-state index < -0.39 is 7.91 Å². The van der Waals surface area contributed by atoms with E-state index in [0.717, 1.165) is 0 Å². The summed E-state index contributed by atoms with van der Waals surface area (Å²) >= 11 is 0. The molecule has 0 aromatic carbocycles. The molecule has 0 aliphatic heterocycles. The summed E-state index contributed by atoms with van der Waals surface area (Å²) in [6.45, 7) is 0. The summed E-state index contributed by atoms with van der Waals surface area (Å²) in [4.78, 5) is 8.48. The molecule has 0 rings (SSSR count). The van der Waals surface area contributed by atoms with Crippen molar-refractivity contribution >= 4 is 7.91 Å². The van der Waals surface area contributed by atoms with E-state index in [-0.39, 0.29) is 51.5 Å². The molecule has 0 bridgehead atoms. The van der Waals surface area contributed by atoms with Crippen LogP contribution in [0.2, 0.25) is 0 Å². The van der Waals surface area contributed by atoms with Crippen molar-refractivity contribution in [3.8, 4) is 0 Å². The molecule has 0 spiro atoms. The number of hydrogen-bond acceptors (Lipinski definition) is 3. The van der Waals surface area contributed by atoms with Crippen molar-refractivity contribution in [2.45, 2.75) is 0 Å². The monoisotopic (exact) mass is 174 g/mol. The summed E-state index contributed by atoms with van der Waals surface area (Å²) in [5.74, 6) is 0. The summed E-state index contributed by atoms with van der Waals surface area (Å²) in [6.07, 6.45) is 0. The van der Waals surface area contributed by atoms with Crippen molar-refractivity contribution < 1.29 is 65.5 Å². The first-order valence-corrected chi connectivity index (χ1v) is 1.64. The van der Waals surface area contributed by atoms with E-state index in [1.54, 1.807) is 0 Å². The van der Waals surface area contributed by atoms with Crippen LogP contribution in [0.25, 0.3) is 0 Å². The topological polar surface area (TPSA) is 183 Å². The Morgan fingerprint density at radius 1 is 0.889 bits per heavy atom. The summed E-state index contributed by atoms with van der Waals surface area (Å²) in [5.41, 5.74) is 0. The Balaban J connectivity index is -0.00000000450. The SMILES string of the molecule is O.O.O.O.O=P(=O)[O-].[Na+]. The Bertz CT molecular complexity index is 57.3. The van der Waals surface area contributed by atoms with Gasteiger partial charge >= 0.3 is 29.6 Å². The zero-order chi connectivity index (χ0) is 3.58. The van der Waals surface area contributed by atoms with Crippen LogP contribution >= 0.6 is 7.91 Å². The predicted octanol–water partition coefficient (Wildman–Crippen LogP) is -6.86. The summed E-state index contributed by atoms with van der Waals surface area (Å²) < 4.78 is 17.0. The Morgan fingerprint density at radius 2 is 0.889 bits per heavy atom. The third-order valence-corrected chi connectivity index (χ3v) is 0. The van der Waals surface area contributed by atoms with E-state index in [0.29, 0.717) is 0 Å². The van der Waals surface area contributed by atoms with Crippen LogP contribution in [-0.4, -0.2) is 21.9 Å². The second-order valence-corrected chi connectivity index (χ2v) is 0.671. The fraction of sp³-hybridized carbons (Fsp3) is 0. The van der Waals surface area contributed by atoms with E-state index in [1.165, 1.54) is 0 Å². The Labute approximate surface area is 73.5 Å². The average Bonchev–Trinajstić information content (AvgIpc) is 0.811. The molecule has 9 heteroatoms. The van der Waals surface area contributed by atoms with Gasteiger partial charge in [0.1, 0.15) is 0 Å². The molecule has 56 valence electrons. The zero-order valence-corrected chi connectivity index (χ0v) is 7.57. The number of hydrogen-bond donors (Lipinski definition) is 0. The normalized spacial score (nSPS) is 2.78. The third-order valence-electron chi connectivity index (χ3n) is 0. The van der Waals surface area contributed by atoms with Gasteiger partial charge < -0.3 is 26.8 Å². The molecular weight excluding hydrogens is 166 g/mol. The molecule has 0 unspecified atom stereocenters. The van der Waals surface area contributed by atoms with Gasteiger partial charge in [-0.25, -0.2) is 0 Å². The van der Waals surface area contributed by atoms with E-state index >= 15 is 0 Å². The van der Waals surface area contributed by atoms with Gasteiger partial charge in [0.2, 0.25) is 7.91 Å². The molecule has 0 heterocycles. The van der Waals surface area contributed by atoms with Crippen molar-refractivity contribution in [2.75, 3.05) is 0 Å². The van der Waals surface area contributed by atoms with Gasteiger partial charge in [-0.2, -0.15) is 0 Å². The van der Waals surface area contributed by atoms with Crippen molar-refractivity contribution in [3.63, 3.8) is 0 Å². The van der Waals surface area contributed by atoms with Gasteiger partial charge in [-0.1, -0.05) is 0 Å². The maximum Gasteiger partial charge on any atom is 1.00 e. The molecule has 0 saturated carbocycles. The third kappa shape index (κ3) is 797. The Kier molecular flexibility index (Phi) is 225. The molecule has 0 amide bonds. The smallest absolute Gasteiger partial charge is 0.744 e. The molecule has 9 heavy (non-hydrogen) atoms. The number of rotatable bonds is 0. The van der Waals surface area contributed by atoms with Crippen molar-refractivity contribution in [1.82, 2.24) is 0 Å². The molecule has 7 nitrogen and oxygen atoms in total. The van der Waals surface area contributed by atoms with Crippen molar-refractivity contribution in [2.24, 2.45) is 0 Å². The summed E-state index contributed by atoms with van der Waals surface area (Å²) in [6, 6.07) is 0. The average molecular weight is 174 g/mol. The van der Waals surface area contributed by atoms with Crippen LogP contribution in [0.3, 0.4) is 0 Å². The van der Waals surface area contributed by atoms with Crippen LogP contribution in [0.5, 0.6) is 0 Å². The van der Waals surface area contributed by atoms with Gasteiger partial charge in [0.25, 0.3) is 0 Å². The van der Waals surface area contributed by atoms with Gasteiger partial charge in [-0.3, -0.25) is 9.13 Å². The molecule has 0 radical (unpaired) electrons. The predicted molar refractivity (Wildman–Crippen MR) is 22.7 cm³/mol. The first-order valence-electron chi connectivity index (χ1n) is 0.548. The van der Waals surface area contributed by atoms with E-state index in [4.69, 9.17) is 14.0 Å². The van der Waals surface area contributed by atoms with Crippen LogP contribution in [0.15, 0.2) is 0 Å². The molecule has 0 fully saturated rings. The van der Waals surface area contributed by atoms with Crippen LogP contribution in [0, 0.1) is 0 Å². The first kappa shape index (κ1) is 53.6. The fourth-order valence-electron chi connectivity index (χ4n) is 0. The minimum absolute atomic E-state index is 0. The molecular formula is H8NaO7P. The second-order valence-electron chi connectivity index (χ2n) is 0.224. The van der Waals surface area contributed by atoms with Gasteiger partial charge in [-0.15, -0.1) is 0 Å². The molecule has 0 atom stereocenters. The zero-order valence-electron chi connectivity index (χ0n) is 4.67. The largest absolute Gasteiger partial charge is 1.00 e. The van der Waals surface area contributed by atoms with E-state index in [1.807, 2.05) is 0 Å². The van der Waals surface area contributed by atoms with Crippen LogP contribution in [0.1, 0.15) is 0 Å². The molecule has 0 aromatic heterocycles. The maximum atomic E-state index is 8.48. The van der Waals surface area contributed by atoms with Crippen LogP contribution in [0.4, 0.5) is 0 Å². The van der Waals surface area contributed by atoms with Crippen LogP contribution in [-0.2, 0) is 9.13 Å². The minimum Gasteiger partial charge on any atom is -0.744 e. The molecule has 0 aliphatic rings. The first-order chi connectivity index (χ1) is 1.73. The maximum absolute atomic E-state index is 8.48. The molecule has 8 N–H and O–H groups in total. The molecule has 0 aliphatic carbocycles. The van der Waals surface area contributed by atoms with E-state index in [2.05, 4.69) is 0 Å². The van der Waals surface area contributed by atoms with Gasteiger partial charge in [0.05, 0.1) is 0 Å². The van der Waals surface area contributed by atoms with Gasteiger partial charge in [0.15, 0.2) is 0 Å². The van der Waals surface area contributed by atoms with Gasteiger partial charge in [0, 0.05) is 0 Å². The summed E-state index contributed by atoms with van der Waals surface area (Å²) in [7, 11) is -3.37. The standard InChI is InChI=1S/Na.HO3P.4H2O/c;1-4(2)3;;;;/h;(H,1,2,3);4*1H2/q+1;;;;;/p-1.